The number of piperidine rings is 1. The maximum Gasteiger partial charge on any atom is 0.238 e. The van der Waals surface area contributed by atoms with Gasteiger partial charge in [-0.05, 0) is 44.7 Å². The fourth-order valence-electron chi connectivity index (χ4n) is 3.90. The lowest BCUT2D eigenvalue weighted by molar-refractivity contribution is -0.131. The molecule has 0 aliphatic carbocycles. The van der Waals surface area contributed by atoms with Gasteiger partial charge in [0.25, 0.3) is 0 Å². The smallest absolute Gasteiger partial charge is 0.238 e. The van der Waals surface area contributed by atoms with Crippen LogP contribution in [-0.2, 0) is 4.79 Å². The third kappa shape index (κ3) is 4.09. The van der Waals surface area contributed by atoms with Crippen LogP contribution in [0.5, 0.6) is 0 Å². The average molecular weight is 376 g/mol. The Morgan fingerprint density at radius 3 is 2.71 bits per heavy atom. The number of likely N-dealkylation sites (tertiary alicyclic amines) is 1. The van der Waals surface area contributed by atoms with Crippen LogP contribution in [0, 0.1) is 35.0 Å². The molecule has 3 rings (SSSR count). The summed E-state index contributed by atoms with van der Waals surface area (Å²) in [6, 6.07) is 7.11. The zero-order chi connectivity index (χ0) is 20.1. The number of rotatable bonds is 4. The number of hydrogen-bond acceptors (Lipinski definition) is 6. The quantitative estimate of drug-likeness (QED) is 0.799. The normalized spacial score (nSPS) is 23.5. The van der Waals surface area contributed by atoms with Crippen LogP contribution in [-0.4, -0.2) is 53.0 Å². The monoisotopic (exact) mass is 376 g/mol. The lowest BCUT2D eigenvalue weighted by atomic mass is 9.89. The van der Waals surface area contributed by atoms with E-state index in [2.05, 4.69) is 40.2 Å². The van der Waals surface area contributed by atoms with Crippen molar-refractivity contribution < 1.29 is 4.79 Å². The molecule has 1 amide bonds. The van der Waals surface area contributed by atoms with E-state index >= 15 is 0 Å². The van der Waals surface area contributed by atoms with E-state index in [1.54, 1.807) is 23.2 Å². The lowest BCUT2D eigenvalue weighted by Crippen LogP contribution is -2.55. The van der Waals surface area contributed by atoms with Gasteiger partial charge in [0, 0.05) is 24.8 Å². The molecule has 144 valence electrons. The molecule has 0 spiro atoms. The molecule has 2 aliphatic heterocycles. The highest BCUT2D eigenvalue weighted by Gasteiger charge is 2.37. The number of anilines is 1. The zero-order valence-electron chi connectivity index (χ0n) is 16.1. The largest absolute Gasteiger partial charge is 0.356 e. The second kappa shape index (κ2) is 8.30. The van der Waals surface area contributed by atoms with Gasteiger partial charge in [0.1, 0.15) is 11.9 Å². The second-order valence-electron chi connectivity index (χ2n) is 7.62. The molecule has 28 heavy (non-hydrogen) atoms. The van der Waals surface area contributed by atoms with Crippen LogP contribution in [0.3, 0.4) is 0 Å². The maximum atomic E-state index is 12.7. The van der Waals surface area contributed by atoms with E-state index in [4.69, 9.17) is 11.7 Å². The standard InChI is InChI=1S/C21H24N6O/c1-3-17-4-5-18(14-23)27(17)20(28)15-25-21(2)7-10-26(11-8-21)19-12-16(13-22)6-9-24-19/h1,6,9,12,17-18,25H,4-5,7-8,10-11,15H2,2H3/t17-,18-/m0/s1. The minimum atomic E-state index is -0.427. The molecule has 0 radical (unpaired) electrons. The van der Waals surface area contributed by atoms with Crippen molar-refractivity contribution in [2.45, 2.75) is 50.2 Å². The SMILES string of the molecule is C#C[C@H]1CC[C@@H](C#N)N1C(=O)CNC1(C)CCN(c2cc(C#N)ccn2)CC1. The molecule has 0 saturated carbocycles. The third-order valence-corrected chi connectivity index (χ3v) is 5.75. The average Bonchev–Trinajstić information content (AvgIpc) is 3.16. The van der Waals surface area contributed by atoms with E-state index in [0.717, 1.165) is 31.7 Å². The Kier molecular flexibility index (Phi) is 5.83. The number of hydrogen-bond donors (Lipinski definition) is 1. The number of carbonyl (C=O) groups is 1. The predicted octanol–water partition coefficient (Wildman–Crippen LogP) is 1.42. The van der Waals surface area contributed by atoms with Crippen molar-refractivity contribution in [2.75, 3.05) is 24.5 Å². The Labute approximate surface area is 165 Å². The van der Waals surface area contributed by atoms with Crippen molar-refractivity contribution in [2.24, 2.45) is 0 Å². The lowest BCUT2D eigenvalue weighted by Gasteiger charge is -2.41. The Bertz CT molecular complexity index is 831. The van der Waals surface area contributed by atoms with E-state index in [1.807, 2.05) is 0 Å². The van der Waals surface area contributed by atoms with Gasteiger partial charge in [0.2, 0.25) is 5.91 Å². The fourth-order valence-corrected chi connectivity index (χ4v) is 3.90. The van der Waals surface area contributed by atoms with Gasteiger partial charge in [-0.25, -0.2) is 4.98 Å². The highest BCUT2D eigenvalue weighted by Crippen LogP contribution is 2.26. The van der Waals surface area contributed by atoms with Crippen molar-refractivity contribution in [1.82, 2.24) is 15.2 Å². The van der Waals surface area contributed by atoms with Gasteiger partial charge in [0.05, 0.1) is 30.3 Å². The minimum absolute atomic E-state index is 0.112. The first-order valence-corrected chi connectivity index (χ1v) is 9.53. The molecule has 2 atom stereocenters. The molecule has 7 heteroatoms. The van der Waals surface area contributed by atoms with E-state index in [9.17, 15) is 10.1 Å². The minimum Gasteiger partial charge on any atom is -0.356 e. The van der Waals surface area contributed by atoms with Crippen LogP contribution < -0.4 is 10.2 Å². The summed E-state index contributed by atoms with van der Waals surface area (Å²) in [7, 11) is 0. The van der Waals surface area contributed by atoms with Crippen molar-refractivity contribution in [3.8, 4) is 24.5 Å². The van der Waals surface area contributed by atoms with E-state index < -0.39 is 6.04 Å². The highest BCUT2D eigenvalue weighted by atomic mass is 16.2. The molecule has 0 aromatic carbocycles. The first-order chi connectivity index (χ1) is 13.5. The van der Waals surface area contributed by atoms with E-state index in [0.29, 0.717) is 18.4 Å². The van der Waals surface area contributed by atoms with Crippen molar-refractivity contribution >= 4 is 11.7 Å². The molecular weight excluding hydrogens is 352 g/mol. The summed E-state index contributed by atoms with van der Waals surface area (Å²) in [5, 5.41) is 21.7. The van der Waals surface area contributed by atoms with Crippen LogP contribution in [0.25, 0.3) is 0 Å². The molecule has 1 aromatic heterocycles. The first kappa shape index (κ1) is 19.7. The summed E-state index contributed by atoms with van der Waals surface area (Å²) in [6.45, 7) is 3.87. The van der Waals surface area contributed by atoms with Gasteiger partial charge in [-0.1, -0.05) is 5.92 Å². The first-order valence-electron chi connectivity index (χ1n) is 9.53. The van der Waals surface area contributed by atoms with Crippen molar-refractivity contribution in [1.29, 1.82) is 10.5 Å². The number of nitrogens with zero attached hydrogens (tertiary/aromatic N) is 5. The van der Waals surface area contributed by atoms with E-state index in [1.165, 1.54) is 0 Å². The number of terminal acetylenes is 1. The molecule has 0 unspecified atom stereocenters. The Hall–Kier alpha value is -3.08. The van der Waals surface area contributed by atoms with Gasteiger partial charge in [-0.15, -0.1) is 6.42 Å². The number of pyridine rings is 1. The summed E-state index contributed by atoms with van der Waals surface area (Å²) >= 11 is 0. The molecule has 0 bridgehead atoms. The highest BCUT2D eigenvalue weighted by molar-refractivity contribution is 5.80. The van der Waals surface area contributed by atoms with Crippen LogP contribution in [0.15, 0.2) is 18.3 Å². The summed E-state index contributed by atoms with van der Waals surface area (Å²) < 4.78 is 0. The summed E-state index contributed by atoms with van der Waals surface area (Å²) in [4.78, 5) is 20.8. The van der Waals surface area contributed by atoms with Gasteiger partial charge in [0.15, 0.2) is 0 Å². The van der Waals surface area contributed by atoms with Gasteiger partial charge < -0.3 is 15.1 Å². The number of aromatic nitrogens is 1. The molecule has 7 nitrogen and oxygen atoms in total. The third-order valence-electron chi connectivity index (χ3n) is 5.75. The zero-order valence-corrected chi connectivity index (χ0v) is 16.1. The number of carbonyl (C=O) groups excluding carboxylic acids is 1. The molecule has 2 saturated heterocycles. The second-order valence-corrected chi connectivity index (χ2v) is 7.62. The van der Waals surface area contributed by atoms with Crippen LogP contribution in [0.1, 0.15) is 38.2 Å². The van der Waals surface area contributed by atoms with Crippen LogP contribution in [0.2, 0.25) is 0 Å². The van der Waals surface area contributed by atoms with Crippen LogP contribution >= 0.6 is 0 Å². The number of amides is 1. The van der Waals surface area contributed by atoms with Crippen LogP contribution in [0.4, 0.5) is 5.82 Å². The number of nitriles is 2. The van der Waals surface area contributed by atoms with Crippen molar-refractivity contribution in [3.63, 3.8) is 0 Å². The summed E-state index contributed by atoms with van der Waals surface area (Å²) in [5.41, 5.74) is 0.426. The molecule has 2 aliphatic rings. The van der Waals surface area contributed by atoms with Gasteiger partial charge >= 0.3 is 0 Å². The Morgan fingerprint density at radius 2 is 2.07 bits per heavy atom. The van der Waals surface area contributed by atoms with E-state index in [-0.39, 0.29) is 24.0 Å². The Balaban J connectivity index is 1.56. The molecule has 1 aromatic rings. The van der Waals surface area contributed by atoms with Gasteiger partial charge in [-0.2, -0.15) is 10.5 Å². The summed E-state index contributed by atoms with van der Waals surface area (Å²) in [6.07, 6.45) is 10.2. The fraction of sp³-hybridized carbons (Fsp3) is 0.524. The molecule has 1 N–H and O–H groups in total. The number of nitrogens with one attached hydrogen (secondary N) is 1. The topological polar surface area (TPSA) is 96.0 Å². The Morgan fingerprint density at radius 1 is 1.36 bits per heavy atom. The van der Waals surface area contributed by atoms with Crippen molar-refractivity contribution in [3.05, 3.63) is 23.9 Å². The predicted molar refractivity (Wildman–Crippen MR) is 105 cm³/mol. The summed E-state index contributed by atoms with van der Waals surface area (Å²) in [5.74, 6) is 3.33. The molecule has 3 heterocycles. The molecule has 2 fully saturated rings. The molecular formula is C21H24N6O. The maximum absolute atomic E-state index is 12.7. The van der Waals surface area contributed by atoms with Gasteiger partial charge in [-0.3, -0.25) is 4.79 Å².